The number of rotatable bonds is 0. The van der Waals surface area contributed by atoms with Gasteiger partial charge in [-0.3, -0.25) is 4.98 Å². The van der Waals surface area contributed by atoms with Gasteiger partial charge in [0, 0.05) is 97.8 Å². The van der Waals surface area contributed by atoms with E-state index in [9.17, 15) is 0 Å². The van der Waals surface area contributed by atoms with E-state index >= 15 is 0 Å². The van der Waals surface area contributed by atoms with Crippen LogP contribution in [-0.4, -0.2) is 113 Å². The van der Waals surface area contributed by atoms with Gasteiger partial charge in [-0.2, -0.15) is 19.8 Å². The molecule has 0 fully saturated rings. The largest absolute Gasteiger partial charge is 0.441 e. The van der Waals surface area contributed by atoms with Crippen molar-refractivity contribution in [2.45, 2.75) is 261 Å². The zero-order valence-corrected chi connectivity index (χ0v) is 77.1. The lowest BCUT2D eigenvalue weighted by Gasteiger charge is -1.93. The number of aromatic nitrogens is 23. The molecule has 0 atom stereocenters. The Morgan fingerprint density at radius 1 is 0.315 bits per heavy atom. The average molecular weight is 1770 g/mol. The van der Waals surface area contributed by atoms with E-state index in [1.807, 2.05) is 345 Å². The molecule has 3 aromatic carbocycles. The van der Waals surface area contributed by atoms with E-state index in [0.29, 0.717) is 22.9 Å². The normalized spacial score (nSPS) is 8.43. The van der Waals surface area contributed by atoms with Crippen LogP contribution in [0.25, 0.3) is 87.4 Å². The molecule has 25 nitrogen and oxygen atoms in total. The highest BCUT2D eigenvalue weighted by molar-refractivity contribution is 7.18. The third-order valence-electron chi connectivity index (χ3n) is 13.3. The smallest absolute Gasteiger partial charge is 0.246 e. The van der Waals surface area contributed by atoms with Gasteiger partial charge in [0.15, 0.2) is 23.0 Å². The lowest BCUT2D eigenvalue weighted by Crippen LogP contribution is -1.91. The van der Waals surface area contributed by atoms with E-state index in [0.717, 1.165) is 98.6 Å². The predicted octanol–water partition coefficient (Wildman–Crippen LogP) is 29.7. The van der Waals surface area contributed by atoms with Crippen molar-refractivity contribution < 1.29 is 8.83 Å². The van der Waals surface area contributed by atoms with Crippen LogP contribution in [0.1, 0.15) is 250 Å². The highest BCUT2D eigenvalue weighted by Gasteiger charge is 2.05. The van der Waals surface area contributed by atoms with Crippen LogP contribution in [-0.2, 0) is 35.2 Å². The monoisotopic (exact) mass is 1770 g/mol. The lowest BCUT2D eigenvalue weighted by atomic mass is 10.3. The summed E-state index contributed by atoms with van der Waals surface area (Å²) < 4.78 is 17.7. The first-order valence-corrected chi connectivity index (χ1v) is 42.0. The van der Waals surface area contributed by atoms with Crippen molar-refractivity contribution in [2.24, 2.45) is 35.2 Å². The first kappa shape index (κ1) is 136. The number of oxazole rings is 2. The Kier molecular flexibility index (Phi) is 90.5. The fourth-order valence-corrected chi connectivity index (χ4v) is 10.5. The number of fused-ring (bicyclic) bond motifs is 8. The number of hydrogen-bond acceptors (Lipinski definition) is 23. The molecular formula is C96H165N23O2S3. The molecule has 0 bridgehead atoms. The summed E-state index contributed by atoms with van der Waals surface area (Å²) in [5.41, 5.74) is 12.4. The molecule has 18 rings (SSSR count). The standard InChI is InChI=1S/C9H10N2.C8H9N3.C8H7NO.C8H7NS.C7H6N2O.C7H6N2S.C6H6N4.C5H5N5.C5H8N2.C4H5NS.10C2H6.9CH4/c1-7-10-8-5-3-4-6-9(8)11(7)2;1-6-10-7-4-3-5-9-8(7)11(6)2;2*1-6-9-7-4-2-3-5-8(7)10-6;2*1-5-9-6-3-2-4-8-7(6)10-5;1-10-8-5-3-2-4-7-6(5)9-10;1-10-8-4-2-6-3-7-5(4)9-10;1-5-6-3-4-7(5)2;1-4-5-2-3-6-4;10*1-2;;;;;;;;;/h3-6H,1-2H3;3-5H,1-2H3;2*2-5H,1H3;3*2-4H,1H3;2-3H,1H3;3-4H,1-2H3;2-3H,1H3;10*1-2H3;9*1H4. The number of imidazole rings is 3. The summed E-state index contributed by atoms with van der Waals surface area (Å²) in [6, 6.07) is 39.3. The first-order chi connectivity index (χ1) is 55.9. The van der Waals surface area contributed by atoms with Crippen LogP contribution in [0.2, 0.25) is 0 Å². The molecule has 15 heterocycles. The van der Waals surface area contributed by atoms with Crippen molar-refractivity contribution in [1.29, 1.82) is 0 Å². The van der Waals surface area contributed by atoms with Crippen LogP contribution in [0, 0.1) is 55.4 Å². The van der Waals surface area contributed by atoms with Gasteiger partial charge >= 0.3 is 0 Å². The molecule has 0 aliphatic carbocycles. The van der Waals surface area contributed by atoms with Gasteiger partial charge in [-0.05, 0) is 126 Å². The fraction of sp³-hybridized carbons (Fsp3) is 0.438. The van der Waals surface area contributed by atoms with E-state index in [4.69, 9.17) is 8.83 Å². The molecule has 0 radical (unpaired) electrons. The maximum absolute atomic E-state index is 5.26. The minimum atomic E-state index is 0. The number of pyridine rings is 4. The van der Waals surface area contributed by atoms with Crippen LogP contribution in [0.4, 0.5) is 0 Å². The quantitative estimate of drug-likeness (QED) is 0.136. The van der Waals surface area contributed by atoms with E-state index in [2.05, 4.69) is 107 Å². The van der Waals surface area contributed by atoms with E-state index in [-0.39, 0.29) is 66.8 Å². The number of thiazole rings is 3. The molecule has 0 N–H and O–H groups in total. The maximum Gasteiger partial charge on any atom is 0.246 e. The third-order valence-corrected chi connectivity index (χ3v) is 15.8. The summed E-state index contributed by atoms with van der Waals surface area (Å²) in [5, 5.41) is 21.3. The van der Waals surface area contributed by atoms with Gasteiger partial charge in [0.25, 0.3) is 0 Å². The van der Waals surface area contributed by atoms with E-state index in [1.54, 1.807) is 91.5 Å². The molecule has 124 heavy (non-hydrogen) atoms. The van der Waals surface area contributed by atoms with Gasteiger partial charge in [0.2, 0.25) is 17.0 Å². The molecule has 28 heteroatoms. The van der Waals surface area contributed by atoms with Crippen molar-refractivity contribution in [3.63, 3.8) is 0 Å². The summed E-state index contributed by atoms with van der Waals surface area (Å²) >= 11 is 5.04. The van der Waals surface area contributed by atoms with Crippen molar-refractivity contribution in [1.82, 2.24) is 113 Å². The molecule has 0 saturated carbocycles. The summed E-state index contributed by atoms with van der Waals surface area (Å²) in [4.78, 5) is 61.5. The highest BCUT2D eigenvalue weighted by Crippen LogP contribution is 2.21. The lowest BCUT2D eigenvalue weighted by molar-refractivity contribution is 0.551. The Morgan fingerprint density at radius 2 is 0.758 bits per heavy atom. The number of hydrogen-bond donors (Lipinski definition) is 0. The number of benzene rings is 3. The Labute approximate surface area is 761 Å². The maximum atomic E-state index is 5.26. The molecule has 694 valence electrons. The SMILES string of the molecule is C.C.C.C.C.C.C.C.C.CC.CC.CC.CC.CC.CC.CC.CC.CC.CC.Cc1nc2ccccc2n1C.Cc1nc2ccccc2o1.Cc1nc2ccccc2s1.Cc1nc2cccnc2n1C.Cc1nc2cccnc2o1.Cc1nc2cccnc2s1.Cc1nccn1C.Cc1nccs1.Cn1nc2cccnc2n1.Cn1nc2cncnc2n1. The predicted molar refractivity (Wildman–Crippen MR) is 550 cm³/mol. The Hall–Kier alpha value is -11.4. The summed E-state index contributed by atoms with van der Waals surface area (Å²) in [6.07, 6.45) is 15.6. The molecule has 0 saturated heterocycles. The topological polar surface area (TPSA) is 283 Å². The van der Waals surface area contributed by atoms with E-state index in [1.165, 1.54) is 26.1 Å². The minimum Gasteiger partial charge on any atom is -0.441 e. The number of para-hydroxylation sites is 5. The minimum absolute atomic E-state index is 0. The van der Waals surface area contributed by atoms with Gasteiger partial charge in [0.05, 0.1) is 42.5 Å². The summed E-state index contributed by atoms with van der Waals surface area (Å²) in [5.74, 6) is 4.50. The molecule has 0 amide bonds. The third kappa shape index (κ3) is 48.5. The number of aryl methyl sites for hydroxylation is 13. The average Bonchev–Trinajstić information content (AvgIpc) is 1.68. The zero-order valence-electron chi connectivity index (χ0n) is 74.6. The van der Waals surface area contributed by atoms with Crippen LogP contribution in [0.15, 0.2) is 191 Å². The Bertz CT molecular complexity index is 4490. The van der Waals surface area contributed by atoms with E-state index < -0.39 is 0 Å². The van der Waals surface area contributed by atoms with Crippen LogP contribution in [0.3, 0.4) is 0 Å². The Balaban J connectivity index is -0.000000124. The zero-order chi connectivity index (χ0) is 87.2. The first-order valence-electron chi connectivity index (χ1n) is 39.5. The second-order valence-electron chi connectivity index (χ2n) is 20.4. The molecule has 18 aromatic rings. The van der Waals surface area contributed by atoms with Gasteiger partial charge < -0.3 is 22.5 Å². The molecule has 0 aliphatic heterocycles. The van der Waals surface area contributed by atoms with Crippen LogP contribution < -0.4 is 0 Å². The van der Waals surface area contributed by atoms with Crippen molar-refractivity contribution in [2.75, 3.05) is 0 Å². The van der Waals surface area contributed by atoms with Gasteiger partial charge in [-0.1, -0.05) is 253 Å². The summed E-state index contributed by atoms with van der Waals surface area (Å²) in [7, 11) is 9.51. The van der Waals surface area contributed by atoms with Crippen molar-refractivity contribution in [3.8, 4) is 0 Å². The molecule has 0 unspecified atom stereocenters. The van der Waals surface area contributed by atoms with Gasteiger partial charge in [-0.25, -0.2) is 64.8 Å². The van der Waals surface area contributed by atoms with Crippen molar-refractivity contribution >= 4 is 121 Å². The summed E-state index contributed by atoms with van der Waals surface area (Å²) in [6.45, 7) is 55.6. The van der Waals surface area contributed by atoms with Crippen molar-refractivity contribution in [3.05, 3.63) is 227 Å². The van der Waals surface area contributed by atoms with Gasteiger partial charge in [-0.15, -0.1) is 32.9 Å². The second kappa shape index (κ2) is 82.6. The molecule has 15 aromatic heterocycles. The van der Waals surface area contributed by atoms with Crippen LogP contribution >= 0.6 is 34.0 Å². The second-order valence-corrected chi connectivity index (χ2v) is 23.9. The molecular weight excluding hydrogens is 1600 g/mol. The fourth-order valence-electron chi connectivity index (χ4n) is 8.51. The highest BCUT2D eigenvalue weighted by atomic mass is 32.1. The molecule has 0 aliphatic rings. The molecule has 0 spiro atoms. The Morgan fingerprint density at radius 3 is 1.23 bits per heavy atom. The number of nitrogens with zero attached hydrogens (tertiary/aromatic N) is 23. The van der Waals surface area contributed by atoms with Gasteiger partial charge in [0.1, 0.15) is 61.7 Å². The van der Waals surface area contributed by atoms with Crippen LogP contribution in [0.5, 0.6) is 0 Å².